The van der Waals surface area contributed by atoms with Crippen molar-refractivity contribution in [2.24, 2.45) is 0 Å². The number of hydrogen-bond donors (Lipinski definition) is 5. The van der Waals surface area contributed by atoms with Gasteiger partial charge in [0.25, 0.3) is 0 Å². The van der Waals surface area contributed by atoms with Crippen LogP contribution in [0.2, 0.25) is 0 Å². The summed E-state index contributed by atoms with van der Waals surface area (Å²) in [5.41, 5.74) is 0.850. The zero-order valence-electron chi connectivity index (χ0n) is 11.1. The van der Waals surface area contributed by atoms with E-state index in [1.807, 2.05) is 24.3 Å². The minimum atomic E-state index is -1.53. The number of rotatable bonds is 3. The van der Waals surface area contributed by atoms with Gasteiger partial charge in [0.1, 0.15) is 18.3 Å². The molecule has 1 aliphatic heterocycles. The van der Waals surface area contributed by atoms with Crippen molar-refractivity contribution in [2.45, 2.75) is 30.7 Å². The van der Waals surface area contributed by atoms with Crippen molar-refractivity contribution in [2.75, 3.05) is 6.61 Å². The monoisotopic (exact) mass is 295 g/mol. The van der Waals surface area contributed by atoms with Crippen molar-refractivity contribution in [1.29, 1.82) is 0 Å². The molecule has 0 amide bonds. The highest BCUT2D eigenvalue weighted by Crippen LogP contribution is 2.26. The number of para-hydroxylation sites is 1. The summed E-state index contributed by atoms with van der Waals surface area (Å²) in [5.74, 6) is 0.352. The molecule has 0 saturated carbocycles. The lowest BCUT2D eigenvalue weighted by Gasteiger charge is -2.39. The molecule has 2 heterocycles. The summed E-state index contributed by atoms with van der Waals surface area (Å²) in [6.45, 7) is -0.489. The van der Waals surface area contributed by atoms with Gasteiger partial charge in [0, 0.05) is 17.0 Å². The average Bonchev–Trinajstić information content (AvgIpc) is 2.89. The average molecular weight is 295 g/mol. The van der Waals surface area contributed by atoms with Gasteiger partial charge in [-0.15, -0.1) is 0 Å². The van der Waals surface area contributed by atoms with Gasteiger partial charge in [-0.05, 0) is 6.07 Å². The number of nitrogens with one attached hydrogen (secondary N) is 1. The first-order chi connectivity index (χ1) is 10.1. The van der Waals surface area contributed by atoms with E-state index in [0.29, 0.717) is 5.88 Å². The van der Waals surface area contributed by atoms with E-state index in [9.17, 15) is 15.3 Å². The molecule has 5 N–H and O–H groups in total. The molecule has 1 aromatic heterocycles. The molecule has 0 unspecified atom stereocenters. The zero-order chi connectivity index (χ0) is 15.0. The Bertz CT molecular complexity index is 581. The third-order valence-corrected chi connectivity index (χ3v) is 3.61. The van der Waals surface area contributed by atoms with Crippen LogP contribution in [0.25, 0.3) is 10.9 Å². The molecule has 7 nitrogen and oxygen atoms in total. The third kappa shape index (κ3) is 2.61. The minimum Gasteiger partial charge on any atom is -0.470 e. The maximum atomic E-state index is 10.1. The van der Waals surface area contributed by atoms with Gasteiger partial charge in [-0.25, -0.2) is 0 Å². The topological polar surface area (TPSA) is 115 Å². The molecular weight excluding hydrogens is 278 g/mol. The van der Waals surface area contributed by atoms with E-state index >= 15 is 0 Å². The first kappa shape index (κ1) is 14.3. The van der Waals surface area contributed by atoms with E-state index in [2.05, 4.69) is 4.98 Å². The quantitative estimate of drug-likeness (QED) is 0.514. The number of benzene rings is 1. The van der Waals surface area contributed by atoms with E-state index in [0.717, 1.165) is 10.9 Å². The Labute approximate surface area is 120 Å². The molecule has 1 fully saturated rings. The molecular formula is C14H17NO6. The molecule has 114 valence electrons. The highest BCUT2D eigenvalue weighted by Gasteiger charge is 2.45. The molecule has 7 heteroatoms. The molecule has 0 radical (unpaired) electrons. The summed E-state index contributed by atoms with van der Waals surface area (Å²) in [7, 11) is 0. The molecule has 1 saturated heterocycles. The number of ether oxygens (including phenoxy) is 2. The summed E-state index contributed by atoms with van der Waals surface area (Å²) in [5, 5.41) is 39.6. The fourth-order valence-electron chi connectivity index (χ4n) is 2.46. The van der Waals surface area contributed by atoms with E-state index in [-0.39, 0.29) is 0 Å². The summed E-state index contributed by atoms with van der Waals surface area (Å²) in [6.07, 6.45) is -6.34. The standard InChI is InChI=1S/C14H17NO6/c16-6-9-11(17)13(12(18)14(19)20-9)21-10-5-7-3-1-2-4-8(7)15-10/h1-5,9,11-19H,6H2/t9-,11+,12-,13+,14+/m1/s1. The fraction of sp³-hybridized carbons (Fsp3) is 0.429. The van der Waals surface area contributed by atoms with Gasteiger partial charge in [-0.3, -0.25) is 0 Å². The molecule has 1 aromatic carbocycles. The van der Waals surface area contributed by atoms with Gasteiger partial charge in [-0.2, -0.15) is 0 Å². The summed E-state index contributed by atoms with van der Waals surface area (Å²) in [6, 6.07) is 9.23. The minimum absolute atomic E-state index is 0.352. The van der Waals surface area contributed by atoms with Crippen molar-refractivity contribution in [3.8, 4) is 5.88 Å². The van der Waals surface area contributed by atoms with E-state index < -0.39 is 37.3 Å². The summed E-state index contributed by atoms with van der Waals surface area (Å²) < 4.78 is 10.5. The molecule has 1 aliphatic rings. The first-order valence-corrected chi connectivity index (χ1v) is 6.65. The number of aromatic amines is 1. The normalized spacial score (nSPS) is 33.2. The lowest BCUT2D eigenvalue weighted by atomic mass is 9.99. The van der Waals surface area contributed by atoms with Crippen LogP contribution in [0.1, 0.15) is 0 Å². The third-order valence-electron chi connectivity index (χ3n) is 3.61. The number of aliphatic hydroxyl groups excluding tert-OH is 4. The lowest BCUT2D eigenvalue weighted by Crippen LogP contribution is -2.60. The maximum Gasteiger partial charge on any atom is 0.192 e. The number of fused-ring (bicyclic) bond motifs is 1. The van der Waals surface area contributed by atoms with Crippen molar-refractivity contribution >= 4 is 10.9 Å². The number of hydrogen-bond acceptors (Lipinski definition) is 6. The largest absolute Gasteiger partial charge is 0.470 e. The number of aromatic nitrogens is 1. The second-order valence-corrected chi connectivity index (χ2v) is 5.03. The van der Waals surface area contributed by atoms with Crippen LogP contribution in [-0.2, 0) is 4.74 Å². The van der Waals surface area contributed by atoms with Gasteiger partial charge in [0.15, 0.2) is 18.3 Å². The number of aliphatic hydroxyl groups is 4. The highest BCUT2D eigenvalue weighted by molar-refractivity contribution is 5.81. The molecule has 0 aliphatic carbocycles. The lowest BCUT2D eigenvalue weighted by molar-refractivity contribution is -0.282. The van der Waals surface area contributed by atoms with Gasteiger partial charge in [0.05, 0.1) is 6.61 Å². The Morgan fingerprint density at radius 2 is 1.90 bits per heavy atom. The van der Waals surface area contributed by atoms with Gasteiger partial charge < -0.3 is 34.9 Å². The second-order valence-electron chi connectivity index (χ2n) is 5.03. The van der Waals surface area contributed by atoms with Crippen LogP contribution in [0.3, 0.4) is 0 Å². The first-order valence-electron chi connectivity index (χ1n) is 6.65. The molecule has 5 atom stereocenters. The smallest absolute Gasteiger partial charge is 0.192 e. The van der Waals surface area contributed by atoms with Crippen LogP contribution in [0.15, 0.2) is 30.3 Å². The van der Waals surface area contributed by atoms with E-state index in [4.69, 9.17) is 14.6 Å². The SMILES string of the molecule is OC[C@H]1O[C@H](O)[C@H](O)[C@@H](Oc2cc3ccccc3[nH]2)[C@H]1O. The van der Waals surface area contributed by atoms with Crippen LogP contribution in [0.5, 0.6) is 5.88 Å². The van der Waals surface area contributed by atoms with Crippen LogP contribution in [-0.4, -0.2) is 62.7 Å². The van der Waals surface area contributed by atoms with Crippen molar-refractivity contribution in [3.05, 3.63) is 30.3 Å². The Morgan fingerprint density at radius 1 is 1.14 bits per heavy atom. The molecule has 0 bridgehead atoms. The Kier molecular flexibility index (Phi) is 3.83. The predicted molar refractivity (Wildman–Crippen MR) is 72.7 cm³/mol. The Balaban J connectivity index is 1.84. The van der Waals surface area contributed by atoms with E-state index in [1.54, 1.807) is 6.07 Å². The van der Waals surface area contributed by atoms with Gasteiger partial charge in [-0.1, -0.05) is 18.2 Å². The van der Waals surface area contributed by atoms with Crippen molar-refractivity contribution in [1.82, 2.24) is 4.98 Å². The zero-order valence-corrected chi connectivity index (χ0v) is 11.1. The van der Waals surface area contributed by atoms with Crippen molar-refractivity contribution in [3.63, 3.8) is 0 Å². The van der Waals surface area contributed by atoms with Crippen LogP contribution < -0.4 is 4.74 Å². The molecule has 21 heavy (non-hydrogen) atoms. The molecule has 2 aromatic rings. The maximum absolute atomic E-state index is 10.1. The highest BCUT2D eigenvalue weighted by atomic mass is 16.6. The van der Waals surface area contributed by atoms with Crippen LogP contribution >= 0.6 is 0 Å². The van der Waals surface area contributed by atoms with Crippen LogP contribution in [0.4, 0.5) is 0 Å². The second kappa shape index (κ2) is 5.63. The predicted octanol–water partition coefficient (Wildman–Crippen LogP) is -0.653. The molecule has 0 spiro atoms. The Morgan fingerprint density at radius 3 is 2.62 bits per heavy atom. The van der Waals surface area contributed by atoms with E-state index in [1.165, 1.54) is 0 Å². The summed E-state index contributed by atoms with van der Waals surface area (Å²) in [4.78, 5) is 3.00. The Hall–Kier alpha value is -1.64. The fourth-order valence-corrected chi connectivity index (χ4v) is 2.46. The molecule has 3 rings (SSSR count). The van der Waals surface area contributed by atoms with Gasteiger partial charge in [0.2, 0.25) is 0 Å². The number of H-pyrrole nitrogens is 1. The van der Waals surface area contributed by atoms with Crippen molar-refractivity contribution < 1.29 is 29.9 Å². The van der Waals surface area contributed by atoms with Crippen LogP contribution in [0, 0.1) is 0 Å². The van der Waals surface area contributed by atoms with Gasteiger partial charge >= 0.3 is 0 Å². The summed E-state index contributed by atoms with van der Waals surface area (Å²) >= 11 is 0.